The molecular weight excluding hydrogens is 320 g/mol. The Bertz CT molecular complexity index is 451. The maximum absolute atomic E-state index is 11.7. The zero-order chi connectivity index (χ0) is 19.6. The molecule has 0 atom stereocenters. The van der Waals surface area contributed by atoms with Crippen LogP contribution in [0.2, 0.25) is 0 Å². The molecule has 0 fully saturated rings. The molecule has 0 spiro atoms. The first kappa shape index (κ1) is 24.7. The van der Waals surface area contributed by atoms with Gasteiger partial charge in [0.2, 0.25) is 0 Å². The standard InChI is InChI=1S/C24H42O2/c1-6-7-8-9-10-11-18-24(25)26-20-19-23(5)17-13-16-22(4)15-12-14-21(2)3/h14,16,19H,6-13,15,17-18,20H2,1-5H3/b22-16+,23-19+. The van der Waals surface area contributed by atoms with E-state index in [1.54, 1.807) is 0 Å². The minimum absolute atomic E-state index is 0.0560. The summed E-state index contributed by atoms with van der Waals surface area (Å²) in [7, 11) is 0. The van der Waals surface area contributed by atoms with Crippen LogP contribution in [0.3, 0.4) is 0 Å². The van der Waals surface area contributed by atoms with Crippen LogP contribution in [0, 0.1) is 0 Å². The quantitative estimate of drug-likeness (QED) is 0.169. The van der Waals surface area contributed by atoms with E-state index in [9.17, 15) is 4.79 Å². The van der Waals surface area contributed by atoms with Gasteiger partial charge in [-0.2, -0.15) is 0 Å². The highest BCUT2D eigenvalue weighted by atomic mass is 16.5. The van der Waals surface area contributed by atoms with Crippen molar-refractivity contribution < 1.29 is 9.53 Å². The number of unbranched alkanes of at least 4 members (excludes halogenated alkanes) is 5. The second kappa shape index (κ2) is 17.1. The number of rotatable bonds is 15. The summed E-state index contributed by atoms with van der Waals surface area (Å²) in [5.41, 5.74) is 4.15. The lowest BCUT2D eigenvalue weighted by atomic mass is 10.1. The van der Waals surface area contributed by atoms with Crippen molar-refractivity contribution in [2.75, 3.05) is 6.61 Å². The highest BCUT2D eigenvalue weighted by molar-refractivity contribution is 5.69. The molecule has 0 unspecified atom stereocenters. The van der Waals surface area contributed by atoms with Crippen LogP contribution in [-0.2, 0) is 9.53 Å². The monoisotopic (exact) mass is 362 g/mol. The fraction of sp³-hybridized carbons (Fsp3) is 0.708. The summed E-state index contributed by atoms with van der Waals surface area (Å²) in [6, 6.07) is 0. The number of allylic oxidation sites excluding steroid dienone is 5. The van der Waals surface area contributed by atoms with E-state index in [1.807, 2.05) is 6.08 Å². The van der Waals surface area contributed by atoms with Gasteiger partial charge in [-0.25, -0.2) is 0 Å². The fourth-order valence-electron chi connectivity index (χ4n) is 2.74. The highest BCUT2D eigenvalue weighted by Gasteiger charge is 2.01. The topological polar surface area (TPSA) is 26.3 Å². The van der Waals surface area contributed by atoms with Crippen LogP contribution in [0.25, 0.3) is 0 Å². The number of hydrogen-bond donors (Lipinski definition) is 0. The Morgan fingerprint density at radius 1 is 0.731 bits per heavy atom. The van der Waals surface area contributed by atoms with Gasteiger partial charge in [0.25, 0.3) is 0 Å². The number of hydrogen-bond acceptors (Lipinski definition) is 2. The number of carbonyl (C=O) groups excluding carboxylic acids is 1. The van der Waals surface area contributed by atoms with E-state index < -0.39 is 0 Å². The Labute approximate surface area is 162 Å². The van der Waals surface area contributed by atoms with Crippen LogP contribution in [-0.4, -0.2) is 12.6 Å². The molecule has 2 nitrogen and oxygen atoms in total. The molecule has 0 saturated carbocycles. The average molecular weight is 363 g/mol. The molecule has 0 bridgehead atoms. The summed E-state index contributed by atoms with van der Waals surface area (Å²) >= 11 is 0. The maximum Gasteiger partial charge on any atom is 0.306 e. The Morgan fingerprint density at radius 2 is 1.31 bits per heavy atom. The van der Waals surface area contributed by atoms with Crippen LogP contribution in [0.1, 0.15) is 105 Å². The van der Waals surface area contributed by atoms with E-state index in [-0.39, 0.29) is 5.97 Å². The van der Waals surface area contributed by atoms with Gasteiger partial charge in [-0.3, -0.25) is 4.79 Å². The summed E-state index contributed by atoms with van der Waals surface area (Å²) in [5.74, 6) is -0.0560. The SMILES string of the molecule is CCCCCCCCC(=O)OC/C=C(\C)CC/C=C(\C)CCC=C(C)C. The van der Waals surface area contributed by atoms with Crippen LogP contribution >= 0.6 is 0 Å². The second-order valence-electron chi connectivity index (χ2n) is 7.66. The number of carbonyl (C=O) groups is 1. The van der Waals surface area contributed by atoms with E-state index in [2.05, 4.69) is 46.8 Å². The van der Waals surface area contributed by atoms with Gasteiger partial charge in [-0.1, -0.05) is 67.9 Å². The van der Waals surface area contributed by atoms with Gasteiger partial charge >= 0.3 is 5.97 Å². The maximum atomic E-state index is 11.7. The molecule has 0 aromatic rings. The molecule has 0 aromatic carbocycles. The largest absolute Gasteiger partial charge is 0.461 e. The van der Waals surface area contributed by atoms with E-state index >= 15 is 0 Å². The van der Waals surface area contributed by atoms with Gasteiger partial charge in [-0.05, 0) is 65.9 Å². The highest BCUT2D eigenvalue weighted by Crippen LogP contribution is 2.11. The number of esters is 1. The van der Waals surface area contributed by atoms with Crippen molar-refractivity contribution in [3.8, 4) is 0 Å². The predicted molar refractivity (Wildman–Crippen MR) is 114 cm³/mol. The van der Waals surface area contributed by atoms with E-state index in [0.29, 0.717) is 13.0 Å². The summed E-state index contributed by atoms with van der Waals surface area (Å²) in [6.45, 7) is 11.3. The van der Waals surface area contributed by atoms with Gasteiger partial charge in [0.1, 0.15) is 6.61 Å². The van der Waals surface area contributed by atoms with Gasteiger partial charge in [0.15, 0.2) is 0 Å². The lowest BCUT2D eigenvalue weighted by Crippen LogP contribution is -2.04. The first-order valence-corrected chi connectivity index (χ1v) is 10.6. The smallest absolute Gasteiger partial charge is 0.306 e. The third-order valence-corrected chi connectivity index (χ3v) is 4.53. The van der Waals surface area contributed by atoms with Gasteiger partial charge in [0.05, 0.1) is 0 Å². The van der Waals surface area contributed by atoms with Gasteiger partial charge in [0, 0.05) is 6.42 Å². The zero-order valence-corrected chi connectivity index (χ0v) is 18.0. The average Bonchev–Trinajstić information content (AvgIpc) is 2.57. The van der Waals surface area contributed by atoms with E-state index in [4.69, 9.17) is 4.74 Å². The van der Waals surface area contributed by atoms with Gasteiger partial charge in [-0.15, -0.1) is 0 Å². The summed E-state index contributed by atoms with van der Waals surface area (Å²) < 4.78 is 5.31. The van der Waals surface area contributed by atoms with Crippen LogP contribution < -0.4 is 0 Å². The molecule has 0 aromatic heterocycles. The van der Waals surface area contributed by atoms with Crippen molar-refractivity contribution in [2.24, 2.45) is 0 Å². The summed E-state index contributed by atoms with van der Waals surface area (Å²) in [6.07, 6.45) is 18.8. The van der Waals surface area contributed by atoms with Crippen molar-refractivity contribution in [1.29, 1.82) is 0 Å². The zero-order valence-electron chi connectivity index (χ0n) is 18.0. The molecule has 0 amide bonds. The molecule has 0 rings (SSSR count). The summed E-state index contributed by atoms with van der Waals surface area (Å²) in [4.78, 5) is 11.7. The Kier molecular flexibility index (Phi) is 16.3. The lowest BCUT2D eigenvalue weighted by molar-refractivity contribution is -0.142. The lowest BCUT2D eigenvalue weighted by Gasteiger charge is -2.04. The number of ether oxygens (including phenoxy) is 1. The molecule has 26 heavy (non-hydrogen) atoms. The molecule has 0 aliphatic carbocycles. The minimum atomic E-state index is -0.0560. The van der Waals surface area contributed by atoms with E-state index in [1.165, 1.54) is 42.4 Å². The molecule has 0 N–H and O–H groups in total. The fourth-order valence-corrected chi connectivity index (χ4v) is 2.74. The molecule has 0 aliphatic rings. The molecule has 150 valence electrons. The third kappa shape index (κ3) is 17.5. The molecule has 0 saturated heterocycles. The van der Waals surface area contributed by atoms with Gasteiger partial charge < -0.3 is 4.74 Å². The molecular formula is C24H42O2. The van der Waals surface area contributed by atoms with Crippen molar-refractivity contribution in [2.45, 2.75) is 105 Å². The Balaban J connectivity index is 3.77. The van der Waals surface area contributed by atoms with Crippen molar-refractivity contribution in [1.82, 2.24) is 0 Å². The van der Waals surface area contributed by atoms with Crippen LogP contribution in [0.5, 0.6) is 0 Å². The van der Waals surface area contributed by atoms with Crippen LogP contribution in [0.15, 0.2) is 34.9 Å². The van der Waals surface area contributed by atoms with Crippen molar-refractivity contribution in [3.05, 3.63) is 34.9 Å². The Hall–Kier alpha value is -1.31. The normalized spacial score (nSPS) is 12.2. The van der Waals surface area contributed by atoms with Crippen molar-refractivity contribution in [3.63, 3.8) is 0 Å². The molecule has 0 radical (unpaired) electrons. The first-order chi connectivity index (χ1) is 12.5. The van der Waals surface area contributed by atoms with Crippen LogP contribution in [0.4, 0.5) is 0 Å². The van der Waals surface area contributed by atoms with Crippen molar-refractivity contribution >= 4 is 5.97 Å². The van der Waals surface area contributed by atoms with E-state index in [0.717, 1.165) is 38.5 Å². The molecule has 2 heteroatoms. The summed E-state index contributed by atoms with van der Waals surface area (Å²) in [5, 5.41) is 0. The minimum Gasteiger partial charge on any atom is -0.461 e. The Morgan fingerprint density at radius 3 is 1.96 bits per heavy atom. The predicted octanol–water partition coefficient (Wildman–Crippen LogP) is 7.70. The second-order valence-corrected chi connectivity index (χ2v) is 7.66. The molecule has 0 aliphatic heterocycles. The molecule has 0 heterocycles. The third-order valence-electron chi connectivity index (χ3n) is 4.53. The first-order valence-electron chi connectivity index (χ1n) is 10.6.